The molecule has 132 valence electrons. The quantitative estimate of drug-likeness (QED) is 0.475. The van der Waals surface area contributed by atoms with E-state index in [0.717, 1.165) is 5.56 Å². The van der Waals surface area contributed by atoms with Gasteiger partial charge in [-0.3, -0.25) is 4.79 Å². The van der Waals surface area contributed by atoms with Gasteiger partial charge in [0.2, 0.25) is 16.4 Å². The van der Waals surface area contributed by atoms with Crippen LogP contribution in [0.5, 0.6) is 5.88 Å². The second-order valence-corrected chi connectivity index (χ2v) is 6.37. The minimum absolute atomic E-state index is 0.110. The number of halogens is 1. The van der Waals surface area contributed by atoms with Gasteiger partial charge in [0.05, 0.1) is 12.3 Å². The number of ether oxygens (including phenoxy) is 1. The first kappa shape index (κ1) is 18.2. The van der Waals surface area contributed by atoms with Crippen LogP contribution in [0.15, 0.2) is 48.5 Å². The van der Waals surface area contributed by atoms with Crippen LogP contribution >= 0.6 is 23.8 Å². The molecule has 3 rings (SSSR count). The Kier molecular flexibility index (Phi) is 5.44. The summed E-state index contributed by atoms with van der Waals surface area (Å²) in [6.07, 6.45) is 0. The molecular formula is C19H16ClN3O2S. The molecule has 0 radical (unpaired) electrons. The van der Waals surface area contributed by atoms with Gasteiger partial charge < -0.3 is 4.74 Å². The Labute approximate surface area is 161 Å². The van der Waals surface area contributed by atoms with Gasteiger partial charge in [0.15, 0.2) is 5.69 Å². The number of ketones is 1. The van der Waals surface area contributed by atoms with Gasteiger partial charge in [0.1, 0.15) is 0 Å². The minimum Gasteiger partial charge on any atom is -0.476 e. The van der Waals surface area contributed by atoms with Gasteiger partial charge in [0, 0.05) is 10.6 Å². The third-order valence-corrected chi connectivity index (χ3v) is 4.18. The zero-order valence-corrected chi connectivity index (χ0v) is 15.8. The Morgan fingerprint density at radius 2 is 1.81 bits per heavy atom. The largest absolute Gasteiger partial charge is 0.476 e. The van der Waals surface area contributed by atoms with Crippen molar-refractivity contribution in [2.75, 3.05) is 6.61 Å². The molecule has 5 nitrogen and oxygen atoms in total. The summed E-state index contributed by atoms with van der Waals surface area (Å²) in [6, 6.07) is 14.2. The highest BCUT2D eigenvalue weighted by molar-refractivity contribution is 7.71. The first-order valence-electron chi connectivity index (χ1n) is 8.01. The Morgan fingerprint density at radius 3 is 2.42 bits per heavy atom. The van der Waals surface area contributed by atoms with Crippen LogP contribution in [0.25, 0.3) is 5.69 Å². The van der Waals surface area contributed by atoms with E-state index in [1.807, 2.05) is 26.0 Å². The van der Waals surface area contributed by atoms with Crippen LogP contribution in [0.3, 0.4) is 0 Å². The van der Waals surface area contributed by atoms with E-state index in [9.17, 15) is 4.79 Å². The molecule has 1 aromatic heterocycles. The average Bonchev–Trinajstić information content (AvgIpc) is 2.63. The van der Waals surface area contributed by atoms with Crippen LogP contribution in [0.2, 0.25) is 5.02 Å². The van der Waals surface area contributed by atoms with Gasteiger partial charge in [-0.15, -0.1) is 0 Å². The van der Waals surface area contributed by atoms with Crippen LogP contribution < -0.4 is 4.74 Å². The summed E-state index contributed by atoms with van der Waals surface area (Å²) >= 11 is 11.2. The van der Waals surface area contributed by atoms with Gasteiger partial charge in [-0.1, -0.05) is 41.4 Å². The van der Waals surface area contributed by atoms with Crippen molar-refractivity contribution < 1.29 is 9.53 Å². The van der Waals surface area contributed by atoms with E-state index in [1.54, 1.807) is 36.4 Å². The Balaban J connectivity index is 2.14. The number of nitrogens with zero attached hydrogens (tertiary/aromatic N) is 3. The van der Waals surface area contributed by atoms with E-state index in [1.165, 1.54) is 4.68 Å². The maximum atomic E-state index is 13.0. The number of aromatic nitrogens is 3. The summed E-state index contributed by atoms with van der Waals surface area (Å²) in [6.45, 7) is 4.12. The third kappa shape index (κ3) is 3.81. The summed E-state index contributed by atoms with van der Waals surface area (Å²) in [5.74, 6) is -0.146. The van der Waals surface area contributed by atoms with Gasteiger partial charge in [-0.25, -0.2) is 4.68 Å². The number of hydrogen-bond donors (Lipinski definition) is 0. The van der Waals surface area contributed by atoms with Crippen molar-refractivity contribution in [3.05, 3.63) is 75.1 Å². The average molecular weight is 386 g/mol. The van der Waals surface area contributed by atoms with Crippen molar-refractivity contribution >= 4 is 29.6 Å². The van der Waals surface area contributed by atoms with Crippen LogP contribution in [0.4, 0.5) is 0 Å². The summed E-state index contributed by atoms with van der Waals surface area (Å²) in [5, 5.41) is 5.01. The highest BCUT2D eigenvalue weighted by Gasteiger charge is 2.20. The molecule has 0 saturated heterocycles. The molecule has 0 atom stereocenters. The third-order valence-electron chi connectivity index (χ3n) is 3.66. The molecule has 0 amide bonds. The van der Waals surface area contributed by atoms with E-state index in [0.29, 0.717) is 22.9 Å². The van der Waals surface area contributed by atoms with E-state index in [2.05, 4.69) is 10.1 Å². The topological polar surface area (TPSA) is 57.0 Å². The second-order valence-electron chi connectivity index (χ2n) is 5.56. The van der Waals surface area contributed by atoms with Crippen molar-refractivity contribution in [3.63, 3.8) is 0 Å². The van der Waals surface area contributed by atoms with Gasteiger partial charge in [0.25, 0.3) is 0 Å². The number of carbonyl (C=O) groups excluding carboxylic acids is 1. The Morgan fingerprint density at radius 1 is 1.15 bits per heavy atom. The highest BCUT2D eigenvalue weighted by atomic mass is 35.5. The molecule has 7 heteroatoms. The SMILES string of the molecule is CCOc1nc(=S)n(-c2ccc(Cl)cc2)nc1C(=O)c1ccc(C)cc1. The normalized spacial score (nSPS) is 10.6. The molecule has 0 aliphatic heterocycles. The maximum absolute atomic E-state index is 13.0. The Hall–Kier alpha value is -2.57. The lowest BCUT2D eigenvalue weighted by Crippen LogP contribution is -2.16. The Bertz CT molecular complexity index is 999. The number of benzene rings is 2. The van der Waals surface area contributed by atoms with Crippen LogP contribution in [-0.4, -0.2) is 27.2 Å². The van der Waals surface area contributed by atoms with E-state index in [4.69, 9.17) is 28.6 Å². The predicted octanol–water partition coefficient (Wildman–Crippen LogP) is 4.59. The lowest BCUT2D eigenvalue weighted by molar-refractivity contribution is 0.102. The number of aryl methyl sites for hydroxylation is 1. The number of carbonyl (C=O) groups is 1. The summed E-state index contributed by atoms with van der Waals surface area (Å²) in [4.78, 5) is 17.2. The molecule has 0 N–H and O–H groups in total. The molecule has 26 heavy (non-hydrogen) atoms. The van der Waals surface area contributed by atoms with Crippen molar-refractivity contribution in [2.24, 2.45) is 0 Å². The zero-order valence-electron chi connectivity index (χ0n) is 14.3. The van der Waals surface area contributed by atoms with Gasteiger partial charge in [-0.2, -0.15) is 10.1 Å². The van der Waals surface area contributed by atoms with Crippen molar-refractivity contribution in [3.8, 4) is 11.6 Å². The molecule has 0 fully saturated rings. The molecule has 0 unspecified atom stereocenters. The fourth-order valence-corrected chi connectivity index (χ4v) is 2.70. The molecule has 0 bridgehead atoms. The van der Waals surface area contributed by atoms with Gasteiger partial charge >= 0.3 is 0 Å². The van der Waals surface area contributed by atoms with Crippen LogP contribution in [0.1, 0.15) is 28.5 Å². The summed E-state index contributed by atoms with van der Waals surface area (Å²) < 4.78 is 7.12. The molecule has 0 aliphatic carbocycles. The van der Waals surface area contributed by atoms with Crippen LogP contribution in [0, 0.1) is 11.7 Å². The molecule has 1 heterocycles. The van der Waals surface area contributed by atoms with Crippen LogP contribution in [-0.2, 0) is 0 Å². The molecule has 0 spiro atoms. The monoisotopic (exact) mass is 385 g/mol. The fraction of sp³-hybridized carbons (Fsp3) is 0.158. The zero-order chi connectivity index (χ0) is 18.7. The molecule has 0 aliphatic rings. The smallest absolute Gasteiger partial charge is 0.248 e. The highest BCUT2D eigenvalue weighted by Crippen LogP contribution is 2.20. The lowest BCUT2D eigenvalue weighted by Gasteiger charge is -2.12. The van der Waals surface area contributed by atoms with Gasteiger partial charge in [-0.05, 0) is 50.3 Å². The predicted molar refractivity (Wildman–Crippen MR) is 103 cm³/mol. The first-order chi connectivity index (χ1) is 12.5. The minimum atomic E-state index is -0.279. The second kappa shape index (κ2) is 7.76. The van der Waals surface area contributed by atoms with Crippen molar-refractivity contribution in [2.45, 2.75) is 13.8 Å². The number of hydrogen-bond acceptors (Lipinski definition) is 5. The molecular weight excluding hydrogens is 370 g/mol. The summed E-state index contributed by atoms with van der Waals surface area (Å²) in [7, 11) is 0. The fourth-order valence-electron chi connectivity index (χ4n) is 2.34. The van der Waals surface area contributed by atoms with Crippen molar-refractivity contribution in [1.29, 1.82) is 0 Å². The van der Waals surface area contributed by atoms with E-state index in [-0.39, 0.29) is 22.1 Å². The van der Waals surface area contributed by atoms with E-state index < -0.39 is 0 Å². The first-order valence-corrected chi connectivity index (χ1v) is 8.79. The standard InChI is InChI=1S/C19H16ClN3O2S/c1-3-25-18-16(17(24)13-6-4-12(2)5-7-13)22-23(19(26)21-18)15-10-8-14(20)9-11-15/h4-11H,3H2,1-2H3. The molecule has 3 aromatic rings. The lowest BCUT2D eigenvalue weighted by atomic mass is 10.1. The molecule has 2 aromatic carbocycles. The number of rotatable bonds is 5. The summed E-state index contributed by atoms with van der Waals surface area (Å²) in [5.41, 5.74) is 2.34. The van der Waals surface area contributed by atoms with Crippen molar-refractivity contribution in [1.82, 2.24) is 14.8 Å². The van der Waals surface area contributed by atoms with E-state index >= 15 is 0 Å². The maximum Gasteiger partial charge on any atom is 0.248 e. The molecule has 0 saturated carbocycles.